The average molecular weight is 261 g/mol. The lowest BCUT2D eigenvalue weighted by atomic mass is 10.0. The Balaban J connectivity index is 2.57. The number of ether oxygens (including phenoxy) is 2. The Morgan fingerprint density at radius 2 is 1.63 bits per heavy atom. The van der Waals surface area contributed by atoms with Crippen molar-refractivity contribution in [1.29, 1.82) is 0 Å². The molecule has 100 valence electrons. The van der Waals surface area contributed by atoms with Crippen LogP contribution in [-0.2, 0) is 6.54 Å². The number of benzene rings is 2. The van der Waals surface area contributed by atoms with Crippen LogP contribution in [0.5, 0.6) is 11.5 Å². The van der Waals surface area contributed by atoms with Crippen LogP contribution in [0.3, 0.4) is 0 Å². The molecular formula is C15H16FNO2. The van der Waals surface area contributed by atoms with E-state index in [9.17, 15) is 4.39 Å². The summed E-state index contributed by atoms with van der Waals surface area (Å²) in [5, 5.41) is 0. The van der Waals surface area contributed by atoms with Crippen molar-refractivity contribution in [2.75, 3.05) is 14.2 Å². The van der Waals surface area contributed by atoms with Gasteiger partial charge in [-0.3, -0.25) is 0 Å². The Labute approximate surface area is 111 Å². The molecule has 0 amide bonds. The van der Waals surface area contributed by atoms with Crippen LogP contribution >= 0.6 is 0 Å². The molecule has 0 fully saturated rings. The molecule has 2 aromatic carbocycles. The second kappa shape index (κ2) is 5.71. The Hall–Kier alpha value is -2.07. The third kappa shape index (κ3) is 2.85. The summed E-state index contributed by atoms with van der Waals surface area (Å²) in [6.07, 6.45) is 0. The zero-order chi connectivity index (χ0) is 13.8. The van der Waals surface area contributed by atoms with Gasteiger partial charge in [0.05, 0.1) is 14.2 Å². The van der Waals surface area contributed by atoms with Gasteiger partial charge >= 0.3 is 0 Å². The van der Waals surface area contributed by atoms with Gasteiger partial charge in [-0.15, -0.1) is 0 Å². The first-order chi connectivity index (χ1) is 9.17. The minimum atomic E-state index is -0.299. The van der Waals surface area contributed by atoms with E-state index in [4.69, 9.17) is 15.2 Å². The van der Waals surface area contributed by atoms with Gasteiger partial charge in [-0.05, 0) is 35.4 Å². The van der Waals surface area contributed by atoms with Gasteiger partial charge in [0.1, 0.15) is 17.3 Å². The first kappa shape index (κ1) is 13.4. The summed E-state index contributed by atoms with van der Waals surface area (Å²) in [5.41, 5.74) is 7.64. The Kier molecular flexibility index (Phi) is 4.02. The van der Waals surface area contributed by atoms with Crippen molar-refractivity contribution in [3.8, 4) is 22.6 Å². The standard InChI is InChI=1S/C15H16FNO2/c1-18-12-6-11(7-13(8-12)19-2)14-5-10(9-17)3-4-15(14)16/h3-8H,9,17H2,1-2H3. The first-order valence-corrected chi connectivity index (χ1v) is 5.90. The third-order valence-corrected chi connectivity index (χ3v) is 2.93. The highest BCUT2D eigenvalue weighted by Gasteiger charge is 2.09. The van der Waals surface area contributed by atoms with Crippen LogP contribution in [0.4, 0.5) is 4.39 Å². The maximum Gasteiger partial charge on any atom is 0.131 e. The molecule has 0 spiro atoms. The van der Waals surface area contributed by atoms with E-state index in [2.05, 4.69) is 0 Å². The van der Waals surface area contributed by atoms with Gasteiger partial charge in [-0.1, -0.05) is 6.07 Å². The maximum atomic E-state index is 13.9. The molecule has 0 aliphatic heterocycles. The van der Waals surface area contributed by atoms with Gasteiger partial charge in [0.25, 0.3) is 0 Å². The normalized spacial score (nSPS) is 10.3. The quantitative estimate of drug-likeness (QED) is 0.920. The SMILES string of the molecule is COc1cc(OC)cc(-c2cc(CN)ccc2F)c1. The Morgan fingerprint density at radius 1 is 1.00 bits per heavy atom. The van der Waals surface area contributed by atoms with Crippen LogP contribution in [0.2, 0.25) is 0 Å². The van der Waals surface area contributed by atoms with Crippen LogP contribution in [0.25, 0.3) is 11.1 Å². The van der Waals surface area contributed by atoms with Gasteiger partial charge in [0, 0.05) is 18.2 Å². The molecule has 2 rings (SSSR count). The van der Waals surface area contributed by atoms with Crippen LogP contribution in [0.15, 0.2) is 36.4 Å². The van der Waals surface area contributed by atoms with E-state index in [1.165, 1.54) is 6.07 Å². The number of methoxy groups -OCH3 is 2. The highest BCUT2D eigenvalue weighted by Crippen LogP contribution is 2.31. The van der Waals surface area contributed by atoms with E-state index in [-0.39, 0.29) is 5.82 Å². The molecule has 0 saturated heterocycles. The monoisotopic (exact) mass is 261 g/mol. The molecule has 0 atom stereocenters. The van der Waals surface area contributed by atoms with E-state index in [0.29, 0.717) is 29.2 Å². The second-order valence-electron chi connectivity index (χ2n) is 4.12. The molecule has 0 heterocycles. The maximum absolute atomic E-state index is 13.9. The molecule has 3 nitrogen and oxygen atoms in total. The number of halogens is 1. The fourth-order valence-electron chi connectivity index (χ4n) is 1.88. The van der Waals surface area contributed by atoms with Gasteiger partial charge in [-0.2, -0.15) is 0 Å². The fourth-order valence-corrected chi connectivity index (χ4v) is 1.88. The van der Waals surface area contributed by atoms with Crippen LogP contribution in [-0.4, -0.2) is 14.2 Å². The highest BCUT2D eigenvalue weighted by molar-refractivity contribution is 5.68. The van der Waals surface area contributed by atoms with Crippen LogP contribution < -0.4 is 15.2 Å². The minimum Gasteiger partial charge on any atom is -0.497 e. The van der Waals surface area contributed by atoms with Crippen LogP contribution in [0, 0.1) is 5.82 Å². The fraction of sp³-hybridized carbons (Fsp3) is 0.200. The smallest absolute Gasteiger partial charge is 0.131 e. The molecule has 0 aliphatic rings. The summed E-state index contributed by atoms with van der Waals surface area (Å²) in [6.45, 7) is 0.369. The second-order valence-corrected chi connectivity index (χ2v) is 4.12. The van der Waals surface area contributed by atoms with Gasteiger partial charge in [0.15, 0.2) is 0 Å². The zero-order valence-electron chi connectivity index (χ0n) is 10.9. The van der Waals surface area contributed by atoms with Crippen molar-refractivity contribution in [2.24, 2.45) is 5.73 Å². The highest BCUT2D eigenvalue weighted by atomic mass is 19.1. The largest absolute Gasteiger partial charge is 0.497 e. The van der Waals surface area contributed by atoms with E-state index >= 15 is 0 Å². The van der Waals surface area contributed by atoms with Crippen molar-refractivity contribution < 1.29 is 13.9 Å². The predicted octanol–water partition coefficient (Wildman–Crippen LogP) is 2.97. The van der Waals surface area contributed by atoms with Crippen LogP contribution in [0.1, 0.15) is 5.56 Å². The molecule has 2 aromatic rings. The van der Waals surface area contributed by atoms with E-state index in [1.54, 1.807) is 44.6 Å². The van der Waals surface area contributed by atoms with E-state index in [1.807, 2.05) is 0 Å². The average Bonchev–Trinajstić information content (AvgIpc) is 2.47. The molecule has 2 N–H and O–H groups in total. The topological polar surface area (TPSA) is 44.5 Å². The first-order valence-electron chi connectivity index (χ1n) is 5.90. The molecule has 0 bridgehead atoms. The third-order valence-electron chi connectivity index (χ3n) is 2.93. The summed E-state index contributed by atoms with van der Waals surface area (Å²) < 4.78 is 24.3. The van der Waals surface area contributed by atoms with Crippen molar-refractivity contribution in [2.45, 2.75) is 6.54 Å². The number of nitrogens with two attached hydrogens (primary N) is 1. The summed E-state index contributed by atoms with van der Waals surface area (Å²) in [5.74, 6) is 0.936. The number of rotatable bonds is 4. The lowest BCUT2D eigenvalue weighted by molar-refractivity contribution is 0.394. The summed E-state index contributed by atoms with van der Waals surface area (Å²) in [4.78, 5) is 0. The Bertz CT molecular complexity index is 562. The van der Waals surface area contributed by atoms with Crippen molar-refractivity contribution >= 4 is 0 Å². The van der Waals surface area contributed by atoms with Crippen molar-refractivity contribution in [3.63, 3.8) is 0 Å². The summed E-state index contributed by atoms with van der Waals surface area (Å²) in [7, 11) is 3.12. The summed E-state index contributed by atoms with van der Waals surface area (Å²) >= 11 is 0. The molecule has 19 heavy (non-hydrogen) atoms. The van der Waals surface area contributed by atoms with E-state index < -0.39 is 0 Å². The lowest BCUT2D eigenvalue weighted by Crippen LogP contribution is -1.97. The summed E-state index contributed by atoms with van der Waals surface area (Å²) in [6, 6.07) is 10.1. The molecule has 0 aliphatic carbocycles. The van der Waals surface area contributed by atoms with Gasteiger partial charge < -0.3 is 15.2 Å². The van der Waals surface area contributed by atoms with Crippen molar-refractivity contribution in [1.82, 2.24) is 0 Å². The minimum absolute atomic E-state index is 0.299. The molecular weight excluding hydrogens is 245 g/mol. The molecule has 0 aromatic heterocycles. The Morgan fingerprint density at radius 3 is 2.16 bits per heavy atom. The van der Waals surface area contributed by atoms with Gasteiger partial charge in [0.2, 0.25) is 0 Å². The number of hydrogen-bond donors (Lipinski definition) is 1. The molecule has 0 saturated carbocycles. The van der Waals surface area contributed by atoms with E-state index in [0.717, 1.165) is 5.56 Å². The predicted molar refractivity (Wildman–Crippen MR) is 72.8 cm³/mol. The molecule has 0 unspecified atom stereocenters. The lowest BCUT2D eigenvalue weighted by Gasteiger charge is -2.10. The van der Waals surface area contributed by atoms with Gasteiger partial charge in [-0.25, -0.2) is 4.39 Å². The zero-order valence-corrected chi connectivity index (χ0v) is 10.9. The molecule has 4 heteroatoms. The van der Waals surface area contributed by atoms with Crippen molar-refractivity contribution in [3.05, 3.63) is 47.8 Å². The molecule has 0 radical (unpaired) electrons. The number of hydrogen-bond acceptors (Lipinski definition) is 3.